The monoisotopic (exact) mass is 269 g/mol. The summed E-state index contributed by atoms with van der Waals surface area (Å²) in [6.07, 6.45) is 2.98. The molecule has 0 bridgehead atoms. The van der Waals surface area contributed by atoms with Gasteiger partial charge in [-0.05, 0) is 19.8 Å². The highest BCUT2D eigenvalue weighted by atomic mass is 16.5. The maximum absolute atomic E-state index is 12.1. The van der Waals surface area contributed by atoms with Crippen LogP contribution in [0.25, 0.3) is 0 Å². The summed E-state index contributed by atoms with van der Waals surface area (Å²) in [5.74, 6) is -0.980. The fraction of sp³-hybridized carbons (Fsp3) is 0.692. The highest BCUT2D eigenvalue weighted by Crippen LogP contribution is 2.27. The molecule has 0 spiro atoms. The Labute approximate surface area is 113 Å². The van der Waals surface area contributed by atoms with Crippen molar-refractivity contribution in [1.82, 2.24) is 4.90 Å². The van der Waals surface area contributed by atoms with Gasteiger partial charge in [-0.2, -0.15) is 0 Å². The van der Waals surface area contributed by atoms with Crippen molar-refractivity contribution in [3.63, 3.8) is 0 Å². The van der Waals surface area contributed by atoms with Crippen LogP contribution < -0.4 is 11.5 Å². The molecule has 1 aliphatic carbocycles. The van der Waals surface area contributed by atoms with Gasteiger partial charge in [-0.1, -0.05) is 0 Å². The largest absolute Gasteiger partial charge is 0.465 e. The summed E-state index contributed by atoms with van der Waals surface area (Å²) < 4.78 is 4.88. The predicted molar refractivity (Wildman–Crippen MR) is 72.1 cm³/mol. The van der Waals surface area contributed by atoms with Gasteiger partial charge in [0.05, 0.1) is 12.6 Å². The topological polar surface area (TPSA) is 98.6 Å². The van der Waals surface area contributed by atoms with Gasteiger partial charge in [-0.25, -0.2) is 0 Å². The molecule has 0 radical (unpaired) electrons. The average Bonchev–Trinajstić information content (AvgIpc) is 2.34. The van der Waals surface area contributed by atoms with Crippen LogP contribution in [0.15, 0.2) is 11.8 Å². The van der Waals surface area contributed by atoms with E-state index in [2.05, 4.69) is 0 Å². The van der Waals surface area contributed by atoms with Gasteiger partial charge in [0.1, 0.15) is 6.04 Å². The minimum absolute atomic E-state index is 0.135. The molecular weight excluding hydrogens is 246 g/mol. The van der Waals surface area contributed by atoms with Crippen LogP contribution in [0.1, 0.15) is 19.8 Å². The second-order valence-corrected chi connectivity index (χ2v) is 4.99. The van der Waals surface area contributed by atoms with E-state index in [0.717, 1.165) is 0 Å². The minimum atomic E-state index is -0.834. The number of hydrogen-bond acceptors (Lipinski definition) is 6. The summed E-state index contributed by atoms with van der Waals surface area (Å²) in [5, 5.41) is 0. The van der Waals surface area contributed by atoms with Crippen LogP contribution in [0.4, 0.5) is 0 Å². The number of nitrogens with two attached hydrogens (primary N) is 2. The molecule has 1 rings (SSSR count). The second kappa shape index (κ2) is 6.68. The van der Waals surface area contributed by atoms with Crippen molar-refractivity contribution in [2.24, 2.45) is 17.4 Å². The fourth-order valence-electron chi connectivity index (χ4n) is 2.29. The first-order chi connectivity index (χ1) is 8.88. The number of nitrogens with zero attached hydrogens (tertiary/aromatic N) is 1. The van der Waals surface area contributed by atoms with Gasteiger partial charge < -0.3 is 21.1 Å². The van der Waals surface area contributed by atoms with Gasteiger partial charge in [0.25, 0.3) is 0 Å². The molecule has 6 nitrogen and oxygen atoms in total. The number of esters is 1. The Morgan fingerprint density at radius 2 is 2.21 bits per heavy atom. The molecule has 1 saturated carbocycles. The van der Waals surface area contributed by atoms with E-state index in [-0.39, 0.29) is 18.3 Å². The number of carbonyl (C=O) groups is 2. The summed E-state index contributed by atoms with van der Waals surface area (Å²) in [5.41, 5.74) is 12.5. The lowest BCUT2D eigenvalue weighted by atomic mass is 9.77. The first kappa shape index (κ1) is 15.7. The van der Waals surface area contributed by atoms with Crippen molar-refractivity contribution in [2.45, 2.75) is 31.8 Å². The summed E-state index contributed by atoms with van der Waals surface area (Å²) in [6, 6.07) is -1.57. The smallest absolute Gasteiger partial charge is 0.323 e. The molecule has 0 aromatic heterocycles. The fourth-order valence-corrected chi connectivity index (χ4v) is 2.29. The quantitative estimate of drug-likeness (QED) is 0.533. The summed E-state index contributed by atoms with van der Waals surface area (Å²) in [4.78, 5) is 25.6. The molecule has 4 N–H and O–H groups in total. The lowest BCUT2D eigenvalue weighted by molar-refractivity contribution is -0.146. The van der Waals surface area contributed by atoms with Crippen molar-refractivity contribution < 1.29 is 14.3 Å². The minimum Gasteiger partial charge on any atom is -0.465 e. The van der Waals surface area contributed by atoms with Crippen molar-refractivity contribution >= 4 is 11.8 Å². The SMILES string of the molecule is CCOC(=O)C(N)C1CC/C(=C/N(C)C)C(=O)C1N. The number of Topliss-reactive ketones (excluding diaryl/α,β-unsaturated/α-hetero) is 1. The zero-order valence-corrected chi connectivity index (χ0v) is 11.8. The first-order valence-electron chi connectivity index (χ1n) is 6.47. The van der Waals surface area contributed by atoms with E-state index in [1.807, 2.05) is 19.0 Å². The number of ketones is 1. The van der Waals surface area contributed by atoms with E-state index in [4.69, 9.17) is 16.2 Å². The Balaban J connectivity index is 2.77. The number of hydrogen-bond donors (Lipinski definition) is 2. The predicted octanol–water partition coefficient (Wildman–Crippen LogP) is -0.371. The van der Waals surface area contributed by atoms with Crippen LogP contribution in [0, 0.1) is 5.92 Å². The van der Waals surface area contributed by atoms with Crippen LogP contribution in [0.5, 0.6) is 0 Å². The van der Waals surface area contributed by atoms with Crippen LogP contribution in [-0.4, -0.2) is 49.4 Å². The van der Waals surface area contributed by atoms with Crippen molar-refractivity contribution in [2.75, 3.05) is 20.7 Å². The van der Waals surface area contributed by atoms with E-state index in [1.54, 1.807) is 13.1 Å². The Morgan fingerprint density at radius 1 is 1.58 bits per heavy atom. The molecule has 0 aromatic rings. The Hall–Kier alpha value is -1.40. The van der Waals surface area contributed by atoms with Crippen LogP contribution >= 0.6 is 0 Å². The molecular formula is C13H23N3O3. The molecule has 1 fully saturated rings. The lowest BCUT2D eigenvalue weighted by Gasteiger charge is -2.32. The average molecular weight is 269 g/mol. The van der Waals surface area contributed by atoms with Crippen molar-refractivity contribution in [3.8, 4) is 0 Å². The first-order valence-corrected chi connectivity index (χ1v) is 6.47. The third kappa shape index (κ3) is 3.78. The van der Waals surface area contributed by atoms with Gasteiger partial charge >= 0.3 is 5.97 Å². The zero-order chi connectivity index (χ0) is 14.6. The number of ether oxygens (including phenoxy) is 1. The molecule has 0 aliphatic heterocycles. The molecule has 0 amide bonds. The van der Waals surface area contributed by atoms with Gasteiger partial charge in [-0.15, -0.1) is 0 Å². The van der Waals surface area contributed by atoms with E-state index in [9.17, 15) is 9.59 Å². The van der Waals surface area contributed by atoms with Crippen LogP contribution in [-0.2, 0) is 14.3 Å². The third-order valence-electron chi connectivity index (χ3n) is 3.26. The molecule has 19 heavy (non-hydrogen) atoms. The van der Waals surface area contributed by atoms with Gasteiger partial charge in [0.15, 0.2) is 5.78 Å². The molecule has 6 heteroatoms. The molecule has 0 saturated heterocycles. The molecule has 3 atom stereocenters. The normalized spacial score (nSPS) is 27.2. The van der Waals surface area contributed by atoms with Gasteiger partial charge in [-0.3, -0.25) is 9.59 Å². The van der Waals surface area contributed by atoms with Gasteiger partial charge in [0, 0.05) is 31.8 Å². The summed E-state index contributed by atoms with van der Waals surface area (Å²) in [7, 11) is 3.70. The molecule has 0 heterocycles. The molecule has 0 aromatic carbocycles. The Bertz CT molecular complexity index is 379. The number of rotatable bonds is 4. The van der Waals surface area contributed by atoms with E-state index >= 15 is 0 Å². The van der Waals surface area contributed by atoms with E-state index in [0.29, 0.717) is 18.4 Å². The van der Waals surface area contributed by atoms with Crippen LogP contribution in [0.2, 0.25) is 0 Å². The van der Waals surface area contributed by atoms with Crippen molar-refractivity contribution in [3.05, 3.63) is 11.8 Å². The second-order valence-electron chi connectivity index (χ2n) is 4.99. The molecule has 108 valence electrons. The van der Waals surface area contributed by atoms with E-state index in [1.165, 1.54) is 0 Å². The Morgan fingerprint density at radius 3 is 2.74 bits per heavy atom. The van der Waals surface area contributed by atoms with Crippen LogP contribution in [0.3, 0.4) is 0 Å². The lowest BCUT2D eigenvalue weighted by Crippen LogP contribution is -2.53. The van der Waals surface area contributed by atoms with E-state index < -0.39 is 18.1 Å². The molecule has 3 unspecified atom stereocenters. The zero-order valence-electron chi connectivity index (χ0n) is 11.8. The standard InChI is InChI=1S/C13H23N3O3/c1-4-19-13(18)11(15)9-6-5-8(7-16(2)3)12(17)10(9)14/h7,9-11H,4-6,14-15H2,1-3H3/b8-7-. The third-order valence-corrected chi connectivity index (χ3v) is 3.26. The summed E-state index contributed by atoms with van der Waals surface area (Å²) >= 11 is 0. The maximum atomic E-state index is 12.1. The molecule has 1 aliphatic rings. The maximum Gasteiger partial charge on any atom is 0.323 e. The Kier molecular flexibility index (Phi) is 5.50. The highest BCUT2D eigenvalue weighted by Gasteiger charge is 2.38. The van der Waals surface area contributed by atoms with Gasteiger partial charge in [0.2, 0.25) is 0 Å². The number of carbonyl (C=O) groups excluding carboxylic acids is 2. The highest BCUT2D eigenvalue weighted by molar-refractivity contribution is 6.00. The van der Waals surface area contributed by atoms with Crippen molar-refractivity contribution in [1.29, 1.82) is 0 Å². The summed E-state index contributed by atoms with van der Waals surface area (Å²) in [6.45, 7) is 1.99.